The van der Waals surface area contributed by atoms with Crippen LogP contribution in [0.2, 0.25) is 0 Å². The van der Waals surface area contributed by atoms with Crippen LogP contribution < -0.4 is 15.0 Å². The van der Waals surface area contributed by atoms with Crippen molar-refractivity contribution in [3.05, 3.63) is 53.6 Å². The van der Waals surface area contributed by atoms with Gasteiger partial charge in [0.05, 0.1) is 37.7 Å². The van der Waals surface area contributed by atoms with E-state index in [0.29, 0.717) is 43.1 Å². The van der Waals surface area contributed by atoms with Gasteiger partial charge in [-0.3, -0.25) is 4.79 Å². The lowest BCUT2D eigenvalue weighted by atomic mass is 10.1. The van der Waals surface area contributed by atoms with Gasteiger partial charge in [-0.25, -0.2) is 4.79 Å². The van der Waals surface area contributed by atoms with E-state index in [9.17, 15) is 9.59 Å². The summed E-state index contributed by atoms with van der Waals surface area (Å²) in [6.45, 7) is 6.66. The molecule has 0 spiro atoms. The van der Waals surface area contributed by atoms with Gasteiger partial charge in [-0.2, -0.15) is 0 Å². The van der Waals surface area contributed by atoms with Crippen LogP contribution in [0.4, 0.5) is 11.4 Å². The Labute approximate surface area is 176 Å². The van der Waals surface area contributed by atoms with E-state index in [1.807, 2.05) is 13.0 Å². The predicted octanol–water partition coefficient (Wildman–Crippen LogP) is 3.74. The first-order chi connectivity index (χ1) is 14.5. The third-order valence-electron chi connectivity index (χ3n) is 5.04. The predicted molar refractivity (Wildman–Crippen MR) is 116 cm³/mol. The Morgan fingerprint density at radius 3 is 2.47 bits per heavy atom. The summed E-state index contributed by atoms with van der Waals surface area (Å²) in [5.74, 6) is 0.0166. The largest absolute Gasteiger partial charge is 0.491 e. The number of carbonyl (C=O) groups excluding carboxylic acids is 2. The van der Waals surface area contributed by atoms with Crippen molar-refractivity contribution < 1.29 is 23.8 Å². The fourth-order valence-electron chi connectivity index (χ4n) is 3.17. The second kappa shape index (κ2) is 10.1. The van der Waals surface area contributed by atoms with Gasteiger partial charge in [0.2, 0.25) is 0 Å². The molecule has 0 aromatic heterocycles. The number of methoxy groups -OCH3 is 1. The minimum atomic E-state index is -0.445. The zero-order valence-corrected chi connectivity index (χ0v) is 17.6. The number of ether oxygens (including phenoxy) is 3. The number of hydrogen-bond donors (Lipinski definition) is 1. The molecule has 2 aromatic rings. The van der Waals surface area contributed by atoms with E-state index in [2.05, 4.69) is 17.1 Å². The third-order valence-corrected chi connectivity index (χ3v) is 5.04. The number of amides is 1. The first-order valence-corrected chi connectivity index (χ1v) is 10.1. The van der Waals surface area contributed by atoms with E-state index in [-0.39, 0.29) is 12.0 Å². The maximum absolute atomic E-state index is 12.6. The Balaban J connectivity index is 1.75. The van der Waals surface area contributed by atoms with Crippen LogP contribution in [-0.2, 0) is 9.47 Å². The highest BCUT2D eigenvalue weighted by molar-refractivity contribution is 6.05. The minimum Gasteiger partial charge on any atom is -0.491 e. The lowest BCUT2D eigenvalue weighted by molar-refractivity contribution is 0.0600. The van der Waals surface area contributed by atoms with Crippen molar-refractivity contribution in [3.63, 3.8) is 0 Å². The molecule has 1 heterocycles. The highest BCUT2D eigenvalue weighted by Crippen LogP contribution is 2.26. The summed E-state index contributed by atoms with van der Waals surface area (Å²) in [5.41, 5.74) is 2.21. The molecule has 1 fully saturated rings. The summed E-state index contributed by atoms with van der Waals surface area (Å²) in [4.78, 5) is 27.1. The van der Waals surface area contributed by atoms with Crippen LogP contribution >= 0.6 is 0 Å². The third kappa shape index (κ3) is 5.30. The molecule has 0 saturated carbocycles. The van der Waals surface area contributed by atoms with Crippen LogP contribution in [0, 0.1) is 0 Å². The lowest BCUT2D eigenvalue weighted by Gasteiger charge is -2.30. The maximum Gasteiger partial charge on any atom is 0.340 e. The molecular weight excluding hydrogens is 384 g/mol. The molecular formula is C23H28N2O5. The molecule has 2 aromatic carbocycles. The van der Waals surface area contributed by atoms with Crippen molar-refractivity contribution >= 4 is 23.3 Å². The van der Waals surface area contributed by atoms with Crippen molar-refractivity contribution in [2.24, 2.45) is 0 Å². The zero-order chi connectivity index (χ0) is 21.5. The van der Waals surface area contributed by atoms with Crippen LogP contribution in [0.15, 0.2) is 42.5 Å². The van der Waals surface area contributed by atoms with Crippen molar-refractivity contribution in [2.45, 2.75) is 26.4 Å². The van der Waals surface area contributed by atoms with E-state index >= 15 is 0 Å². The van der Waals surface area contributed by atoms with Gasteiger partial charge >= 0.3 is 5.97 Å². The standard InChI is InChI=1S/C23H28N2O5/c1-4-16(2)30-19-8-5-17(6-9-19)22(26)24-18-7-10-21(20(15-18)23(27)28-3)25-11-13-29-14-12-25/h5-10,15-16H,4,11-14H2,1-3H3,(H,24,26). The Hall–Kier alpha value is -3.06. The molecule has 1 aliphatic heterocycles. The molecule has 160 valence electrons. The minimum absolute atomic E-state index is 0.117. The van der Waals surface area contributed by atoms with E-state index in [1.165, 1.54) is 7.11 Å². The van der Waals surface area contributed by atoms with Gasteiger partial charge < -0.3 is 24.4 Å². The zero-order valence-electron chi connectivity index (χ0n) is 17.6. The van der Waals surface area contributed by atoms with Crippen molar-refractivity contribution in [3.8, 4) is 5.75 Å². The quantitative estimate of drug-likeness (QED) is 0.698. The Kier molecular flexibility index (Phi) is 7.30. The molecule has 7 nitrogen and oxygen atoms in total. The number of nitrogens with one attached hydrogen (secondary N) is 1. The first-order valence-electron chi connectivity index (χ1n) is 10.1. The summed E-state index contributed by atoms with van der Waals surface area (Å²) >= 11 is 0. The molecule has 1 unspecified atom stereocenters. The fourth-order valence-corrected chi connectivity index (χ4v) is 3.17. The van der Waals surface area contributed by atoms with Gasteiger partial charge in [0, 0.05) is 24.3 Å². The Morgan fingerprint density at radius 2 is 1.83 bits per heavy atom. The van der Waals surface area contributed by atoms with E-state index < -0.39 is 5.97 Å². The highest BCUT2D eigenvalue weighted by atomic mass is 16.5. The number of nitrogens with zero attached hydrogens (tertiary/aromatic N) is 1. The second-order valence-corrected chi connectivity index (χ2v) is 7.14. The molecule has 1 N–H and O–H groups in total. The fraction of sp³-hybridized carbons (Fsp3) is 0.391. The SMILES string of the molecule is CCC(C)Oc1ccc(C(=O)Nc2ccc(N3CCOCC3)c(C(=O)OC)c2)cc1. The monoisotopic (exact) mass is 412 g/mol. The normalized spacial score (nSPS) is 14.7. The number of morpholine rings is 1. The van der Waals surface area contributed by atoms with Crippen LogP contribution in [0.1, 0.15) is 41.0 Å². The van der Waals surface area contributed by atoms with Crippen LogP contribution in [0.3, 0.4) is 0 Å². The highest BCUT2D eigenvalue weighted by Gasteiger charge is 2.20. The number of rotatable bonds is 7. The topological polar surface area (TPSA) is 77.1 Å². The average Bonchev–Trinajstić information content (AvgIpc) is 2.79. The molecule has 1 atom stereocenters. The van der Waals surface area contributed by atoms with Gasteiger partial charge in [0.1, 0.15) is 5.75 Å². The average molecular weight is 412 g/mol. The molecule has 0 radical (unpaired) electrons. The second-order valence-electron chi connectivity index (χ2n) is 7.14. The Morgan fingerprint density at radius 1 is 1.13 bits per heavy atom. The van der Waals surface area contributed by atoms with Gasteiger partial charge in [-0.15, -0.1) is 0 Å². The van der Waals surface area contributed by atoms with Crippen LogP contribution in [0.5, 0.6) is 5.75 Å². The van der Waals surface area contributed by atoms with Gasteiger partial charge in [0.15, 0.2) is 0 Å². The molecule has 1 saturated heterocycles. The molecule has 30 heavy (non-hydrogen) atoms. The number of carbonyl (C=O) groups is 2. The first kappa shape index (κ1) is 21.6. The smallest absolute Gasteiger partial charge is 0.340 e. The molecule has 3 rings (SSSR count). The maximum atomic E-state index is 12.6. The molecule has 0 aliphatic carbocycles. The molecule has 7 heteroatoms. The molecule has 0 bridgehead atoms. The number of esters is 1. The van der Waals surface area contributed by atoms with E-state index in [4.69, 9.17) is 14.2 Å². The summed E-state index contributed by atoms with van der Waals surface area (Å²) < 4.78 is 16.1. The lowest BCUT2D eigenvalue weighted by Crippen LogP contribution is -2.37. The summed E-state index contributed by atoms with van der Waals surface area (Å²) in [6.07, 6.45) is 1.02. The summed E-state index contributed by atoms with van der Waals surface area (Å²) in [5, 5.41) is 2.85. The van der Waals surface area contributed by atoms with Gasteiger partial charge in [0.25, 0.3) is 5.91 Å². The summed E-state index contributed by atoms with van der Waals surface area (Å²) in [7, 11) is 1.35. The van der Waals surface area contributed by atoms with Gasteiger partial charge in [-0.05, 0) is 55.8 Å². The van der Waals surface area contributed by atoms with Crippen molar-refractivity contribution in [1.82, 2.24) is 0 Å². The van der Waals surface area contributed by atoms with Crippen molar-refractivity contribution in [1.29, 1.82) is 0 Å². The number of benzene rings is 2. The van der Waals surface area contributed by atoms with Crippen LogP contribution in [-0.4, -0.2) is 51.4 Å². The van der Waals surface area contributed by atoms with Crippen molar-refractivity contribution in [2.75, 3.05) is 43.6 Å². The number of hydrogen-bond acceptors (Lipinski definition) is 6. The van der Waals surface area contributed by atoms with Gasteiger partial charge in [-0.1, -0.05) is 6.92 Å². The Bertz CT molecular complexity index is 876. The van der Waals surface area contributed by atoms with E-state index in [0.717, 1.165) is 17.9 Å². The molecule has 1 aliphatic rings. The van der Waals surface area contributed by atoms with E-state index in [1.54, 1.807) is 36.4 Å². The number of anilines is 2. The molecule has 1 amide bonds. The summed E-state index contributed by atoms with van der Waals surface area (Å²) in [6, 6.07) is 12.3. The van der Waals surface area contributed by atoms with Crippen LogP contribution in [0.25, 0.3) is 0 Å².